The normalized spacial score (nSPS) is 12.2. The molecule has 2 nitrogen and oxygen atoms in total. The first-order valence-corrected chi connectivity index (χ1v) is 8.06. The maximum atomic E-state index is 6.14. The third-order valence-electron chi connectivity index (χ3n) is 3.41. The molecule has 0 aliphatic heterocycles. The molecule has 0 saturated heterocycles. The number of hydrogen-bond donors (Lipinski definition) is 1. The molecule has 1 atom stereocenters. The van der Waals surface area contributed by atoms with Gasteiger partial charge in [0.25, 0.3) is 0 Å². The monoisotopic (exact) mass is 367 g/mol. The van der Waals surface area contributed by atoms with E-state index in [-0.39, 0.29) is 6.04 Å². The van der Waals surface area contributed by atoms with E-state index in [2.05, 4.69) is 47.2 Å². The molecule has 1 unspecified atom stereocenters. The predicted molar refractivity (Wildman–Crippen MR) is 92.4 cm³/mol. The van der Waals surface area contributed by atoms with E-state index < -0.39 is 0 Å². The zero-order valence-corrected chi connectivity index (χ0v) is 14.8. The van der Waals surface area contributed by atoms with E-state index in [1.807, 2.05) is 24.3 Å². The highest BCUT2D eigenvalue weighted by Crippen LogP contribution is 2.35. The molecule has 0 saturated carbocycles. The summed E-state index contributed by atoms with van der Waals surface area (Å²) in [7, 11) is 1.70. The standard InChI is InChI=1S/C17H19BrClNO/c1-4-20-17(12-6-5-7-13(19)9-12)14-10-15(18)11(2)8-16(14)21-3/h5-10,17,20H,4H2,1-3H3. The Kier molecular flexibility index (Phi) is 5.68. The predicted octanol–water partition coefficient (Wildman–Crippen LogP) is 5.12. The molecule has 2 aromatic rings. The van der Waals surface area contributed by atoms with Crippen molar-refractivity contribution in [1.82, 2.24) is 5.32 Å². The van der Waals surface area contributed by atoms with Crippen LogP contribution in [0.4, 0.5) is 0 Å². The molecule has 0 aromatic heterocycles. The number of aryl methyl sites for hydroxylation is 1. The van der Waals surface area contributed by atoms with Gasteiger partial charge in [-0.05, 0) is 48.9 Å². The van der Waals surface area contributed by atoms with Crippen LogP contribution in [-0.4, -0.2) is 13.7 Å². The maximum Gasteiger partial charge on any atom is 0.124 e. The second kappa shape index (κ2) is 7.30. The van der Waals surface area contributed by atoms with E-state index in [1.165, 1.54) is 0 Å². The fraction of sp³-hybridized carbons (Fsp3) is 0.294. The van der Waals surface area contributed by atoms with Crippen molar-refractivity contribution in [3.05, 3.63) is 62.6 Å². The summed E-state index contributed by atoms with van der Waals surface area (Å²) in [6.45, 7) is 5.00. The van der Waals surface area contributed by atoms with E-state index in [0.717, 1.165) is 38.5 Å². The summed E-state index contributed by atoms with van der Waals surface area (Å²) >= 11 is 9.74. The molecule has 2 rings (SSSR count). The molecule has 0 aliphatic rings. The molecule has 0 spiro atoms. The minimum Gasteiger partial charge on any atom is -0.496 e. The van der Waals surface area contributed by atoms with E-state index >= 15 is 0 Å². The fourth-order valence-electron chi connectivity index (χ4n) is 2.37. The van der Waals surface area contributed by atoms with E-state index in [4.69, 9.17) is 16.3 Å². The molecule has 0 heterocycles. The van der Waals surface area contributed by atoms with Crippen molar-refractivity contribution < 1.29 is 4.74 Å². The Labute approximate surface area is 139 Å². The molecule has 4 heteroatoms. The summed E-state index contributed by atoms with van der Waals surface area (Å²) in [6.07, 6.45) is 0. The van der Waals surface area contributed by atoms with Gasteiger partial charge in [0.05, 0.1) is 13.2 Å². The summed E-state index contributed by atoms with van der Waals surface area (Å²) in [4.78, 5) is 0. The van der Waals surface area contributed by atoms with E-state index in [9.17, 15) is 0 Å². The topological polar surface area (TPSA) is 21.3 Å². The SMILES string of the molecule is CCNC(c1cccc(Cl)c1)c1cc(Br)c(C)cc1OC. The lowest BCUT2D eigenvalue weighted by Crippen LogP contribution is -2.22. The van der Waals surface area contributed by atoms with Crippen LogP contribution < -0.4 is 10.1 Å². The molecule has 112 valence electrons. The first-order chi connectivity index (χ1) is 10.1. The lowest BCUT2D eigenvalue weighted by Gasteiger charge is -2.22. The Morgan fingerprint density at radius 3 is 2.67 bits per heavy atom. The quantitative estimate of drug-likeness (QED) is 0.791. The van der Waals surface area contributed by atoms with Crippen LogP contribution >= 0.6 is 27.5 Å². The summed E-state index contributed by atoms with van der Waals surface area (Å²) < 4.78 is 6.64. The summed E-state index contributed by atoms with van der Waals surface area (Å²) in [5, 5.41) is 4.24. The molecular weight excluding hydrogens is 350 g/mol. The van der Waals surface area contributed by atoms with Gasteiger partial charge in [-0.1, -0.05) is 46.6 Å². The van der Waals surface area contributed by atoms with Gasteiger partial charge in [0.1, 0.15) is 5.75 Å². The number of halogens is 2. The number of hydrogen-bond acceptors (Lipinski definition) is 2. The van der Waals surface area contributed by atoms with Crippen molar-refractivity contribution in [3.63, 3.8) is 0 Å². The van der Waals surface area contributed by atoms with Gasteiger partial charge < -0.3 is 10.1 Å². The van der Waals surface area contributed by atoms with Crippen LogP contribution in [0.3, 0.4) is 0 Å². The Morgan fingerprint density at radius 1 is 1.29 bits per heavy atom. The van der Waals surface area contributed by atoms with Crippen LogP contribution in [0.25, 0.3) is 0 Å². The van der Waals surface area contributed by atoms with Crippen molar-refractivity contribution in [1.29, 1.82) is 0 Å². The average molecular weight is 369 g/mol. The van der Waals surface area contributed by atoms with Crippen molar-refractivity contribution in [3.8, 4) is 5.75 Å². The number of benzene rings is 2. The van der Waals surface area contributed by atoms with Crippen LogP contribution in [0.2, 0.25) is 5.02 Å². The van der Waals surface area contributed by atoms with Gasteiger partial charge in [-0.25, -0.2) is 0 Å². The molecule has 2 aromatic carbocycles. The third-order valence-corrected chi connectivity index (χ3v) is 4.50. The Morgan fingerprint density at radius 2 is 2.05 bits per heavy atom. The largest absolute Gasteiger partial charge is 0.496 e. The average Bonchev–Trinajstić information content (AvgIpc) is 2.47. The van der Waals surface area contributed by atoms with Crippen molar-refractivity contribution in [2.45, 2.75) is 19.9 Å². The third kappa shape index (κ3) is 3.79. The Balaban J connectivity index is 2.55. The number of rotatable bonds is 5. The summed E-state index contributed by atoms with van der Waals surface area (Å²) in [5.74, 6) is 0.877. The minimum atomic E-state index is 0.0422. The van der Waals surface area contributed by atoms with Crippen LogP contribution in [0.15, 0.2) is 40.9 Å². The van der Waals surface area contributed by atoms with Crippen molar-refractivity contribution in [2.75, 3.05) is 13.7 Å². The van der Waals surface area contributed by atoms with Gasteiger partial charge in [0.15, 0.2) is 0 Å². The van der Waals surface area contributed by atoms with Gasteiger partial charge in [-0.2, -0.15) is 0 Å². The molecule has 21 heavy (non-hydrogen) atoms. The second-order valence-electron chi connectivity index (χ2n) is 4.89. The Bertz CT molecular complexity index is 630. The van der Waals surface area contributed by atoms with Crippen LogP contribution in [0, 0.1) is 6.92 Å². The first kappa shape index (κ1) is 16.3. The zero-order chi connectivity index (χ0) is 15.4. The molecule has 0 aliphatic carbocycles. The van der Waals surface area contributed by atoms with Crippen LogP contribution in [0.1, 0.15) is 29.7 Å². The van der Waals surface area contributed by atoms with Gasteiger partial charge in [0, 0.05) is 15.1 Å². The van der Waals surface area contributed by atoms with Gasteiger partial charge >= 0.3 is 0 Å². The Hall–Kier alpha value is -1.03. The smallest absolute Gasteiger partial charge is 0.124 e. The molecule has 0 amide bonds. The second-order valence-corrected chi connectivity index (χ2v) is 6.18. The fourth-order valence-corrected chi connectivity index (χ4v) is 2.93. The van der Waals surface area contributed by atoms with Crippen molar-refractivity contribution in [2.24, 2.45) is 0 Å². The first-order valence-electron chi connectivity index (χ1n) is 6.89. The highest BCUT2D eigenvalue weighted by molar-refractivity contribution is 9.10. The number of methoxy groups -OCH3 is 1. The summed E-state index contributed by atoms with van der Waals surface area (Å²) in [6, 6.07) is 12.1. The van der Waals surface area contributed by atoms with Gasteiger partial charge in [-0.3, -0.25) is 0 Å². The highest BCUT2D eigenvalue weighted by atomic mass is 79.9. The molecule has 1 N–H and O–H groups in total. The lowest BCUT2D eigenvalue weighted by atomic mass is 9.96. The minimum absolute atomic E-state index is 0.0422. The van der Waals surface area contributed by atoms with Crippen LogP contribution in [-0.2, 0) is 0 Å². The van der Waals surface area contributed by atoms with E-state index in [1.54, 1.807) is 7.11 Å². The molecule has 0 bridgehead atoms. The van der Waals surface area contributed by atoms with Crippen molar-refractivity contribution >= 4 is 27.5 Å². The molecule has 0 fully saturated rings. The number of nitrogens with one attached hydrogen (secondary N) is 1. The summed E-state index contributed by atoms with van der Waals surface area (Å²) in [5.41, 5.74) is 3.37. The van der Waals surface area contributed by atoms with Crippen LogP contribution in [0.5, 0.6) is 5.75 Å². The zero-order valence-electron chi connectivity index (χ0n) is 12.4. The van der Waals surface area contributed by atoms with Gasteiger partial charge in [-0.15, -0.1) is 0 Å². The molecule has 0 radical (unpaired) electrons. The highest BCUT2D eigenvalue weighted by Gasteiger charge is 2.19. The van der Waals surface area contributed by atoms with Gasteiger partial charge in [0.2, 0.25) is 0 Å². The molecular formula is C17H19BrClNO. The maximum absolute atomic E-state index is 6.14. The van der Waals surface area contributed by atoms with E-state index in [0.29, 0.717) is 0 Å². The lowest BCUT2D eigenvalue weighted by molar-refractivity contribution is 0.404. The number of ether oxygens (including phenoxy) is 1.